The highest BCUT2D eigenvalue weighted by Crippen LogP contribution is 2.39. The summed E-state index contributed by atoms with van der Waals surface area (Å²) >= 11 is 0. The standard InChI is InChI=1S/C25H28FN3O2/c1-3-4-5-6-9-16-31-24(30)22-17(2)27-25-28-20-10-7-8-11-21(20)29(25)23(22)18-12-14-19(26)15-13-18/h7-8,10-15,23H,3-6,9,16H2,1-2H3,(H,27,28). The van der Waals surface area contributed by atoms with Crippen LogP contribution in [0.1, 0.15) is 57.6 Å². The first-order valence-electron chi connectivity index (χ1n) is 11.0. The van der Waals surface area contributed by atoms with Gasteiger partial charge in [-0.2, -0.15) is 0 Å². The van der Waals surface area contributed by atoms with Gasteiger partial charge in [-0.05, 0) is 43.2 Å². The van der Waals surface area contributed by atoms with E-state index in [-0.39, 0.29) is 11.8 Å². The van der Waals surface area contributed by atoms with Crippen LogP contribution in [0, 0.1) is 5.82 Å². The second kappa shape index (κ2) is 9.33. The fourth-order valence-electron chi connectivity index (χ4n) is 4.14. The van der Waals surface area contributed by atoms with Gasteiger partial charge in [-0.3, -0.25) is 4.57 Å². The van der Waals surface area contributed by atoms with Gasteiger partial charge < -0.3 is 10.1 Å². The number of esters is 1. The first kappa shape index (κ1) is 21.1. The molecule has 6 heteroatoms. The molecule has 0 radical (unpaired) electrons. The summed E-state index contributed by atoms with van der Waals surface area (Å²) in [7, 11) is 0. The number of para-hydroxylation sites is 2. The fraction of sp³-hybridized carbons (Fsp3) is 0.360. The second-order valence-electron chi connectivity index (χ2n) is 7.96. The van der Waals surface area contributed by atoms with Gasteiger partial charge in [0.1, 0.15) is 5.82 Å². The number of aromatic nitrogens is 2. The maximum atomic E-state index is 13.6. The van der Waals surface area contributed by atoms with Crippen LogP contribution in [0.5, 0.6) is 0 Å². The maximum absolute atomic E-state index is 13.6. The number of halogens is 1. The highest BCUT2D eigenvalue weighted by atomic mass is 19.1. The smallest absolute Gasteiger partial charge is 0.338 e. The summed E-state index contributed by atoms with van der Waals surface area (Å²) in [6.07, 6.45) is 5.43. The lowest BCUT2D eigenvalue weighted by Crippen LogP contribution is -2.29. The molecule has 1 N–H and O–H groups in total. The molecule has 1 aromatic heterocycles. The quantitative estimate of drug-likeness (QED) is 0.359. The number of hydrogen-bond donors (Lipinski definition) is 1. The van der Waals surface area contributed by atoms with Crippen LogP contribution in [-0.4, -0.2) is 22.1 Å². The summed E-state index contributed by atoms with van der Waals surface area (Å²) in [5.41, 5.74) is 3.76. The summed E-state index contributed by atoms with van der Waals surface area (Å²) in [5.74, 6) is -0.00677. The molecule has 1 aliphatic rings. The summed E-state index contributed by atoms with van der Waals surface area (Å²) in [4.78, 5) is 17.9. The number of nitrogens with one attached hydrogen (secondary N) is 1. The van der Waals surface area contributed by atoms with Crippen LogP contribution < -0.4 is 5.32 Å². The van der Waals surface area contributed by atoms with Gasteiger partial charge in [-0.15, -0.1) is 0 Å². The number of nitrogens with zero attached hydrogens (tertiary/aromatic N) is 2. The predicted molar refractivity (Wildman–Crippen MR) is 120 cm³/mol. The lowest BCUT2D eigenvalue weighted by molar-refractivity contribution is -0.139. The highest BCUT2D eigenvalue weighted by Gasteiger charge is 2.34. The third-order valence-corrected chi connectivity index (χ3v) is 5.72. The van der Waals surface area contributed by atoms with E-state index in [2.05, 4.69) is 17.2 Å². The van der Waals surface area contributed by atoms with Gasteiger partial charge >= 0.3 is 5.97 Å². The van der Waals surface area contributed by atoms with Crippen molar-refractivity contribution in [3.05, 3.63) is 71.2 Å². The van der Waals surface area contributed by atoms with Crippen molar-refractivity contribution < 1.29 is 13.9 Å². The van der Waals surface area contributed by atoms with Crippen LogP contribution in [0.2, 0.25) is 0 Å². The lowest BCUT2D eigenvalue weighted by Gasteiger charge is -2.30. The zero-order valence-electron chi connectivity index (χ0n) is 18.0. The molecule has 1 atom stereocenters. The number of imidazole rings is 1. The zero-order valence-corrected chi connectivity index (χ0v) is 18.0. The number of ether oxygens (including phenoxy) is 1. The van der Waals surface area contributed by atoms with E-state index in [1.807, 2.05) is 35.8 Å². The van der Waals surface area contributed by atoms with Crippen molar-refractivity contribution in [3.8, 4) is 0 Å². The third kappa shape index (κ3) is 4.33. The van der Waals surface area contributed by atoms with Gasteiger partial charge in [0.05, 0.1) is 29.3 Å². The Hall–Kier alpha value is -3.15. The van der Waals surface area contributed by atoms with Crippen LogP contribution >= 0.6 is 0 Å². The van der Waals surface area contributed by atoms with Crippen molar-refractivity contribution in [2.24, 2.45) is 0 Å². The van der Waals surface area contributed by atoms with Crippen molar-refractivity contribution in [2.45, 2.75) is 52.0 Å². The van der Waals surface area contributed by atoms with E-state index in [1.165, 1.54) is 25.0 Å². The number of carbonyl (C=O) groups is 1. The van der Waals surface area contributed by atoms with Gasteiger partial charge in [-0.1, -0.05) is 56.9 Å². The Morgan fingerprint density at radius 2 is 1.84 bits per heavy atom. The van der Waals surface area contributed by atoms with Gasteiger partial charge in [0.2, 0.25) is 5.95 Å². The van der Waals surface area contributed by atoms with Crippen molar-refractivity contribution in [1.82, 2.24) is 9.55 Å². The van der Waals surface area contributed by atoms with Crippen molar-refractivity contribution in [3.63, 3.8) is 0 Å². The minimum Gasteiger partial charge on any atom is -0.462 e. The minimum absolute atomic E-state index is 0.315. The minimum atomic E-state index is -0.447. The second-order valence-corrected chi connectivity index (χ2v) is 7.96. The normalized spacial score (nSPS) is 15.6. The Balaban J connectivity index is 1.67. The molecular formula is C25H28FN3O2. The van der Waals surface area contributed by atoms with Crippen LogP contribution in [0.25, 0.3) is 11.0 Å². The number of benzene rings is 2. The van der Waals surface area contributed by atoms with Crippen LogP contribution in [0.15, 0.2) is 59.8 Å². The van der Waals surface area contributed by atoms with Gasteiger partial charge in [0.15, 0.2) is 0 Å². The molecule has 0 saturated heterocycles. The van der Waals surface area contributed by atoms with E-state index in [9.17, 15) is 9.18 Å². The molecule has 5 nitrogen and oxygen atoms in total. The van der Waals surface area contributed by atoms with Crippen LogP contribution in [0.4, 0.5) is 10.3 Å². The highest BCUT2D eigenvalue weighted by molar-refractivity contribution is 5.94. The van der Waals surface area contributed by atoms with E-state index in [0.29, 0.717) is 23.8 Å². The molecule has 3 aromatic rings. The molecule has 4 rings (SSSR count). The largest absolute Gasteiger partial charge is 0.462 e. The number of allylic oxidation sites excluding steroid dienone is 1. The SMILES string of the molecule is CCCCCCCOC(=O)C1=C(C)Nc2nc3ccccc3n2C1c1ccc(F)cc1. The number of carbonyl (C=O) groups excluding carboxylic acids is 1. The average Bonchev–Trinajstić information content (AvgIpc) is 3.13. The van der Waals surface area contributed by atoms with E-state index < -0.39 is 6.04 Å². The van der Waals surface area contributed by atoms with E-state index >= 15 is 0 Å². The summed E-state index contributed by atoms with van der Waals surface area (Å²) in [5, 5.41) is 3.27. The van der Waals surface area contributed by atoms with Gasteiger partial charge in [0, 0.05) is 5.70 Å². The van der Waals surface area contributed by atoms with E-state index in [1.54, 1.807) is 12.1 Å². The molecule has 2 aromatic carbocycles. The van der Waals surface area contributed by atoms with Gasteiger partial charge in [0.25, 0.3) is 0 Å². The maximum Gasteiger partial charge on any atom is 0.338 e. The Labute approximate surface area is 181 Å². The van der Waals surface area contributed by atoms with Crippen molar-refractivity contribution in [1.29, 1.82) is 0 Å². The first-order valence-corrected chi connectivity index (χ1v) is 11.0. The topological polar surface area (TPSA) is 56.1 Å². The molecule has 0 amide bonds. The first-order chi connectivity index (χ1) is 15.1. The average molecular weight is 422 g/mol. The number of anilines is 1. The summed E-state index contributed by atoms with van der Waals surface area (Å²) < 4.78 is 21.3. The molecule has 1 unspecified atom stereocenters. The molecule has 0 aliphatic carbocycles. The Kier molecular flexibility index (Phi) is 6.35. The number of fused-ring (bicyclic) bond motifs is 3. The number of hydrogen-bond acceptors (Lipinski definition) is 4. The Morgan fingerprint density at radius 1 is 1.10 bits per heavy atom. The molecule has 0 bridgehead atoms. The summed E-state index contributed by atoms with van der Waals surface area (Å²) in [6, 6.07) is 13.6. The zero-order chi connectivity index (χ0) is 21.8. The number of unbranched alkanes of at least 4 members (excludes halogenated alkanes) is 4. The van der Waals surface area contributed by atoms with Crippen molar-refractivity contribution in [2.75, 3.05) is 11.9 Å². The lowest BCUT2D eigenvalue weighted by atomic mass is 9.95. The molecule has 1 aliphatic heterocycles. The van der Waals surface area contributed by atoms with Gasteiger partial charge in [-0.25, -0.2) is 14.2 Å². The predicted octanol–water partition coefficient (Wildman–Crippen LogP) is 5.98. The van der Waals surface area contributed by atoms with Crippen LogP contribution in [0.3, 0.4) is 0 Å². The summed E-state index contributed by atoms with van der Waals surface area (Å²) in [6.45, 7) is 4.43. The fourth-order valence-corrected chi connectivity index (χ4v) is 4.14. The molecule has 2 heterocycles. The number of rotatable bonds is 8. The Morgan fingerprint density at radius 3 is 2.61 bits per heavy atom. The van der Waals surface area contributed by atoms with E-state index in [0.717, 1.165) is 35.9 Å². The molecule has 0 saturated carbocycles. The molecule has 0 fully saturated rings. The molecular weight excluding hydrogens is 393 g/mol. The Bertz CT molecular complexity index is 1100. The molecule has 31 heavy (non-hydrogen) atoms. The van der Waals surface area contributed by atoms with E-state index in [4.69, 9.17) is 4.74 Å². The monoisotopic (exact) mass is 421 g/mol. The van der Waals surface area contributed by atoms with Crippen LogP contribution in [-0.2, 0) is 9.53 Å². The molecule has 0 spiro atoms. The third-order valence-electron chi connectivity index (χ3n) is 5.72. The van der Waals surface area contributed by atoms with Crippen molar-refractivity contribution >= 4 is 23.0 Å². The molecule has 162 valence electrons.